The van der Waals surface area contributed by atoms with E-state index in [1.165, 1.54) is 12.5 Å². The van der Waals surface area contributed by atoms with Gasteiger partial charge in [0.15, 0.2) is 0 Å². The lowest BCUT2D eigenvalue weighted by Crippen LogP contribution is -2.43. The van der Waals surface area contributed by atoms with Crippen LogP contribution in [0.1, 0.15) is 31.0 Å². The van der Waals surface area contributed by atoms with Crippen LogP contribution in [0.25, 0.3) is 11.3 Å². The van der Waals surface area contributed by atoms with Crippen molar-refractivity contribution in [2.24, 2.45) is 0 Å². The van der Waals surface area contributed by atoms with Crippen molar-refractivity contribution in [2.75, 3.05) is 31.1 Å². The van der Waals surface area contributed by atoms with Gasteiger partial charge in [0.25, 0.3) is 0 Å². The van der Waals surface area contributed by atoms with Gasteiger partial charge < -0.3 is 10.2 Å². The van der Waals surface area contributed by atoms with Gasteiger partial charge in [0, 0.05) is 37.7 Å². The van der Waals surface area contributed by atoms with Crippen LogP contribution in [-0.4, -0.2) is 36.1 Å². The van der Waals surface area contributed by atoms with Gasteiger partial charge in [-0.2, -0.15) is 0 Å². The first-order valence-electron chi connectivity index (χ1n) is 8.40. The van der Waals surface area contributed by atoms with Crippen molar-refractivity contribution in [3.8, 4) is 11.3 Å². The van der Waals surface area contributed by atoms with E-state index >= 15 is 0 Å². The summed E-state index contributed by atoms with van der Waals surface area (Å²) in [7, 11) is 0. The van der Waals surface area contributed by atoms with Gasteiger partial charge >= 0.3 is 0 Å². The van der Waals surface area contributed by atoms with E-state index < -0.39 is 0 Å². The van der Waals surface area contributed by atoms with E-state index in [4.69, 9.17) is 4.98 Å². The summed E-state index contributed by atoms with van der Waals surface area (Å²) in [5.74, 6) is 1.16. The summed E-state index contributed by atoms with van der Waals surface area (Å²) < 4.78 is 13.7. The summed E-state index contributed by atoms with van der Waals surface area (Å²) in [4.78, 5) is 11.8. The maximum atomic E-state index is 13.7. The highest BCUT2D eigenvalue weighted by atomic mass is 19.1. The summed E-state index contributed by atoms with van der Waals surface area (Å²) in [6.45, 7) is 3.75. The Labute approximate surface area is 135 Å². The topological polar surface area (TPSA) is 41.1 Å². The Morgan fingerprint density at radius 2 is 2.00 bits per heavy atom. The van der Waals surface area contributed by atoms with E-state index in [1.54, 1.807) is 12.1 Å². The number of anilines is 1. The predicted octanol–water partition coefficient (Wildman–Crippen LogP) is 2.96. The Balaban J connectivity index is 1.77. The van der Waals surface area contributed by atoms with Gasteiger partial charge in [-0.05, 0) is 25.0 Å². The molecule has 120 valence electrons. The molecule has 4 nitrogen and oxygen atoms in total. The van der Waals surface area contributed by atoms with E-state index in [2.05, 4.69) is 15.2 Å². The smallest absolute Gasteiger partial charge is 0.132 e. The monoisotopic (exact) mass is 312 g/mol. The number of benzene rings is 1. The number of nitrogens with one attached hydrogen (secondary N) is 1. The van der Waals surface area contributed by atoms with Crippen LogP contribution in [0.15, 0.2) is 30.5 Å². The standard InChI is InChI=1S/C18H21FN4/c19-15-6-2-5-14(11-15)17-16(23-9-7-20-8-10-23)12-21-18(22-17)13-3-1-4-13/h2,5-6,11-13,20H,1,3-4,7-10H2. The summed E-state index contributed by atoms with van der Waals surface area (Å²) >= 11 is 0. The second-order valence-electron chi connectivity index (χ2n) is 6.34. The molecule has 0 radical (unpaired) electrons. The third-order valence-electron chi connectivity index (χ3n) is 4.81. The van der Waals surface area contributed by atoms with E-state index in [1.807, 2.05) is 12.3 Å². The fourth-order valence-electron chi connectivity index (χ4n) is 3.24. The molecule has 0 spiro atoms. The van der Waals surface area contributed by atoms with Crippen LogP contribution in [0.4, 0.5) is 10.1 Å². The Morgan fingerprint density at radius 1 is 1.17 bits per heavy atom. The molecule has 5 heteroatoms. The minimum atomic E-state index is -0.224. The van der Waals surface area contributed by atoms with Crippen LogP contribution in [0, 0.1) is 5.82 Å². The molecular formula is C18H21FN4. The number of hydrogen-bond donors (Lipinski definition) is 1. The summed E-state index contributed by atoms with van der Waals surface area (Å²) in [5.41, 5.74) is 2.71. The normalized spacial score (nSPS) is 18.7. The quantitative estimate of drug-likeness (QED) is 0.946. The predicted molar refractivity (Wildman–Crippen MR) is 89.1 cm³/mol. The van der Waals surface area contributed by atoms with Crippen molar-refractivity contribution < 1.29 is 4.39 Å². The lowest BCUT2D eigenvalue weighted by molar-refractivity contribution is 0.401. The van der Waals surface area contributed by atoms with Gasteiger partial charge in [0.2, 0.25) is 0 Å². The molecule has 0 bridgehead atoms. The molecule has 4 rings (SSSR count). The average Bonchev–Trinajstić information content (AvgIpc) is 2.54. The van der Waals surface area contributed by atoms with Crippen molar-refractivity contribution in [3.05, 3.63) is 42.1 Å². The lowest BCUT2D eigenvalue weighted by Gasteiger charge is -2.31. The molecule has 2 heterocycles. The maximum Gasteiger partial charge on any atom is 0.132 e. The zero-order valence-corrected chi connectivity index (χ0v) is 13.1. The van der Waals surface area contributed by atoms with E-state index in [0.717, 1.165) is 61.8 Å². The van der Waals surface area contributed by atoms with Gasteiger partial charge in [-0.25, -0.2) is 14.4 Å². The average molecular weight is 312 g/mol. The molecule has 0 unspecified atom stereocenters. The van der Waals surface area contributed by atoms with Crippen molar-refractivity contribution in [1.29, 1.82) is 0 Å². The Bertz CT molecular complexity index is 693. The molecule has 2 aromatic rings. The third kappa shape index (κ3) is 2.93. The first-order chi connectivity index (χ1) is 11.3. The fraction of sp³-hybridized carbons (Fsp3) is 0.444. The molecule has 23 heavy (non-hydrogen) atoms. The molecule has 1 saturated carbocycles. The molecule has 1 aromatic carbocycles. The number of rotatable bonds is 3. The molecule has 1 N–H and O–H groups in total. The van der Waals surface area contributed by atoms with Gasteiger partial charge in [-0.15, -0.1) is 0 Å². The van der Waals surface area contributed by atoms with Gasteiger partial charge in [0.05, 0.1) is 17.6 Å². The lowest BCUT2D eigenvalue weighted by atomic mass is 9.85. The minimum absolute atomic E-state index is 0.224. The molecular weight excluding hydrogens is 291 g/mol. The number of halogens is 1. The third-order valence-corrected chi connectivity index (χ3v) is 4.81. The van der Waals surface area contributed by atoms with Gasteiger partial charge in [0.1, 0.15) is 11.6 Å². The number of piperazine rings is 1. The van der Waals surface area contributed by atoms with Crippen molar-refractivity contribution in [2.45, 2.75) is 25.2 Å². The van der Waals surface area contributed by atoms with E-state index in [-0.39, 0.29) is 5.82 Å². The number of hydrogen-bond acceptors (Lipinski definition) is 4. The molecule has 2 fully saturated rings. The molecule has 1 aromatic heterocycles. The number of aromatic nitrogens is 2. The molecule has 0 amide bonds. The Kier molecular flexibility index (Phi) is 3.95. The molecule has 2 aliphatic rings. The Hall–Kier alpha value is -2.01. The minimum Gasteiger partial charge on any atom is -0.366 e. The van der Waals surface area contributed by atoms with Crippen molar-refractivity contribution >= 4 is 5.69 Å². The summed E-state index contributed by atoms with van der Waals surface area (Å²) in [6, 6.07) is 6.72. The van der Waals surface area contributed by atoms with E-state index in [9.17, 15) is 4.39 Å². The molecule has 0 atom stereocenters. The SMILES string of the molecule is Fc1cccc(-c2nc(C3CCC3)ncc2N2CCNCC2)c1. The maximum absolute atomic E-state index is 13.7. The highest BCUT2D eigenvalue weighted by Gasteiger charge is 2.25. The van der Waals surface area contributed by atoms with Gasteiger partial charge in [-0.3, -0.25) is 0 Å². The second-order valence-corrected chi connectivity index (χ2v) is 6.34. The van der Waals surface area contributed by atoms with Crippen molar-refractivity contribution in [1.82, 2.24) is 15.3 Å². The zero-order chi connectivity index (χ0) is 15.6. The fourth-order valence-corrected chi connectivity index (χ4v) is 3.24. The molecule has 1 aliphatic heterocycles. The van der Waals surface area contributed by atoms with Crippen LogP contribution < -0.4 is 10.2 Å². The van der Waals surface area contributed by atoms with Crippen LogP contribution in [0.2, 0.25) is 0 Å². The Morgan fingerprint density at radius 3 is 2.70 bits per heavy atom. The summed E-state index contributed by atoms with van der Waals surface area (Å²) in [6.07, 6.45) is 5.51. The number of nitrogens with zero attached hydrogens (tertiary/aromatic N) is 3. The van der Waals surface area contributed by atoms with Crippen LogP contribution in [0.3, 0.4) is 0 Å². The first-order valence-corrected chi connectivity index (χ1v) is 8.40. The zero-order valence-electron chi connectivity index (χ0n) is 13.1. The van der Waals surface area contributed by atoms with Crippen molar-refractivity contribution in [3.63, 3.8) is 0 Å². The first kappa shape index (κ1) is 14.6. The van der Waals surface area contributed by atoms with Gasteiger partial charge in [-0.1, -0.05) is 18.6 Å². The molecule has 1 aliphatic carbocycles. The van der Waals surface area contributed by atoms with Crippen LogP contribution in [-0.2, 0) is 0 Å². The van der Waals surface area contributed by atoms with Crippen LogP contribution >= 0.6 is 0 Å². The largest absolute Gasteiger partial charge is 0.366 e. The van der Waals surface area contributed by atoms with E-state index in [0.29, 0.717) is 5.92 Å². The summed E-state index contributed by atoms with van der Waals surface area (Å²) in [5, 5.41) is 3.36. The highest BCUT2D eigenvalue weighted by molar-refractivity contribution is 5.74. The molecule has 1 saturated heterocycles. The second kappa shape index (κ2) is 6.24. The van der Waals surface area contributed by atoms with Crippen LogP contribution in [0.5, 0.6) is 0 Å². The highest BCUT2D eigenvalue weighted by Crippen LogP contribution is 2.37.